The van der Waals surface area contributed by atoms with Gasteiger partial charge in [0.15, 0.2) is 0 Å². The Morgan fingerprint density at radius 3 is 2.00 bits per heavy atom. The molecule has 16 heavy (non-hydrogen) atoms. The van der Waals surface area contributed by atoms with Gasteiger partial charge in [0.05, 0.1) is 25.3 Å². The molecule has 0 spiro atoms. The lowest BCUT2D eigenvalue weighted by molar-refractivity contribution is 0.0111. The molecule has 1 aliphatic rings. The smallest absolute Gasteiger partial charge is 0.410 e. The summed E-state index contributed by atoms with van der Waals surface area (Å²) in [5.74, 6) is 0. The fourth-order valence-corrected chi connectivity index (χ4v) is 1.63. The van der Waals surface area contributed by atoms with Crippen molar-refractivity contribution < 1.29 is 19.7 Å². The van der Waals surface area contributed by atoms with Crippen LogP contribution >= 0.6 is 0 Å². The average molecular weight is 231 g/mol. The second-order valence-corrected chi connectivity index (χ2v) is 5.27. The van der Waals surface area contributed by atoms with Gasteiger partial charge in [-0.2, -0.15) is 0 Å². The van der Waals surface area contributed by atoms with Crippen molar-refractivity contribution in [3.05, 3.63) is 0 Å². The van der Waals surface area contributed by atoms with Gasteiger partial charge in [-0.05, 0) is 33.6 Å². The van der Waals surface area contributed by atoms with E-state index in [9.17, 15) is 15.0 Å². The first-order valence-corrected chi connectivity index (χ1v) is 5.62. The van der Waals surface area contributed by atoms with E-state index in [4.69, 9.17) is 4.74 Å². The Balaban J connectivity index is 2.59. The van der Waals surface area contributed by atoms with Crippen LogP contribution in [0.15, 0.2) is 0 Å². The molecule has 1 amide bonds. The molecule has 94 valence electrons. The zero-order valence-electron chi connectivity index (χ0n) is 10.1. The highest BCUT2D eigenvalue weighted by Crippen LogP contribution is 2.15. The Bertz CT molecular complexity index is 237. The summed E-state index contributed by atoms with van der Waals surface area (Å²) in [5, 5.41) is 19.1. The molecule has 0 aliphatic carbocycles. The number of carbonyl (C=O) groups is 1. The van der Waals surface area contributed by atoms with Crippen molar-refractivity contribution in [3.8, 4) is 0 Å². The number of hydrogen-bond acceptors (Lipinski definition) is 4. The first-order chi connectivity index (χ1) is 7.28. The van der Waals surface area contributed by atoms with E-state index in [1.807, 2.05) is 0 Å². The molecule has 0 radical (unpaired) electrons. The average Bonchev–Trinajstić information content (AvgIpc) is 2.25. The summed E-state index contributed by atoms with van der Waals surface area (Å²) in [4.78, 5) is 13.1. The Morgan fingerprint density at radius 1 is 1.19 bits per heavy atom. The Morgan fingerprint density at radius 2 is 1.62 bits per heavy atom. The molecular weight excluding hydrogens is 210 g/mol. The van der Waals surface area contributed by atoms with Crippen molar-refractivity contribution >= 4 is 6.09 Å². The van der Waals surface area contributed by atoms with E-state index < -0.39 is 23.9 Å². The third kappa shape index (κ3) is 4.37. The number of likely N-dealkylation sites (tertiary alicyclic amines) is 1. The van der Waals surface area contributed by atoms with Crippen LogP contribution in [0.5, 0.6) is 0 Å². The molecule has 5 heteroatoms. The Hall–Kier alpha value is -0.810. The van der Waals surface area contributed by atoms with E-state index in [0.717, 1.165) is 0 Å². The van der Waals surface area contributed by atoms with Gasteiger partial charge in [-0.3, -0.25) is 0 Å². The lowest BCUT2D eigenvalue weighted by Crippen LogP contribution is -2.42. The van der Waals surface area contributed by atoms with Crippen LogP contribution in [-0.4, -0.2) is 52.1 Å². The summed E-state index contributed by atoms with van der Waals surface area (Å²) in [6.07, 6.45) is -0.608. The summed E-state index contributed by atoms with van der Waals surface area (Å²) in [5.41, 5.74) is -0.556. The highest BCUT2D eigenvalue weighted by molar-refractivity contribution is 5.68. The number of nitrogens with zero attached hydrogens (tertiary/aromatic N) is 1. The predicted octanol–water partition coefficient (Wildman–Crippen LogP) is 0.739. The first-order valence-electron chi connectivity index (χ1n) is 5.62. The maximum absolute atomic E-state index is 11.7. The zero-order valence-corrected chi connectivity index (χ0v) is 10.1. The molecule has 0 aromatic rings. The van der Waals surface area contributed by atoms with Gasteiger partial charge in [0.25, 0.3) is 0 Å². The fraction of sp³-hybridized carbons (Fsp3) is 0.909. The van der Waals surface area contributed by atoms with E-state index >= 15 is 0 Å². The van der Waals surface area contributed by atoms with E-state index in [0.29, 0.717) is 12.8 Å². The van der Waals surface area contributed by atoms with Crippen LogP contribution in [0.1, 0.15) is 33.6 Å². The van der Waals surface area contributed by atoms with Crippen molar-refractivity contribution in [2.24, 2.45) is 0 Å². The quantitative estimate of drug-likeness (QED) is 0.645. The van der Waals surface area contributed by atoms with Gasteiger partial charge in [0, 0.05) is 0 Å². The summed E-state index contributed by atoms with van der Waals surface area (Å²) >= 11 is 0. The second-order valence-electron chi connectivity index (χ2n) is 5.27. The lowest BCUT2D eigenvalue weighted by Gasteiger charge is -2.27. The summed E-state index contributed by atoms with van der Waals surface area (Å²) in [7, 11) is 0. The number of amides is 1. The molecule has 0 aromatic heterocycles. The third-order valence-corrected chi connectivity index (χ3v) is 2.35. The number of hydrogen-bond donors (Lipinski definition) is 2. The number of aliphatic hydroxyl groups excluding tert-OH is 2. The second kappa shape index (κ2) is 5.01. The molecule has 1 rings (SSSR count). The number of aliphatic hydroxyl groups is 2. The van der Waals surface area contributed by atoms with Gasteiger partial charge >= 0.3 is 6.09 Å². The predicted molar refractivity (Wildman–Crippen MR) is 59.1 cm³/mol. The minimum Gasteiger partial charge on any atom is -0.444 e. The summed E-state index contributed by atoms with van der Waals surface area (Å²) < 4.78 is 5.19. The number of rotatable bonds is 0. The van der Waals surface area contributed by atoms with Gasteiger partial charge in [-0.15, -0.1) is 0 Å². The van der Waals surface area contributed by atoms with Gasteiger partial charge < -0.3 is 19.8 Å². The van der Waals surface area contributed by atoms with Crippen molar-refractivity contribution in [1.82, 2.24) is 4.90 Å². The largest absolute Gasteiger partial charge is 0.444 e. The number of ether oxygens (including phenoxy) is 1. The minimum absolute atomic E-state index is 0.228. The SMILES string of the molecule is CC(C)(C)OC(=O)N1C[C@H](O)CC[C@H](O)C1. The number of β-amino-alcohol motifs (C(OH)–C–C–N with tert-alkyl or cyclic N) is 2. The van der Waals surface area contributed by atoms with Crippen LogP contribution in [-0.2, 0) is 4.74 Å². The lowest BCUT2D eigenvalue weighted by atomic mass is 10.1. The van der Waals surface area contributed by atoms with E-state index in [1.54, 1.807) is 20.8 Å². The highest BCUT2D eigenvalue weighted by Gasteiger charge is 2.28. The van der Waals surface area contributed by atoms with Gasteiger partial charge in [-0.1, -0.05) is 0 Å². The Labute approximate surface area is 96.0 Å². The van der Waals surface area contributed by atoms with Crippen molar-refractivity contribution in [2.45, 2.75) is 51.4 Å². The van der Waals surface area contributed by atoms with Crippen molar-refractivity contribution in [3.63, 3.8) is 0 Å². The molecule has 0 bridgehead atoms. The van der Waals surface area contributed by atoms with Gasteiger partial charge in [0.1, 0.15) is 5.60 Å². The molecule has 1 heterocycles. The fourth-order valence-electron chi connectivity index (χ4n) is 1.63. The molecule has 2 N–H and O–H groups in total. The summed E-state index contributed by atoms with van der Waals surface area (Å²) in [6, 6.07) is 0. The van der Waals surface area contributed by atoms with Crippen LogP contribution in [0, 0.1) is 0 Å². The maximum Gasteiger partial charge on any atom is 0.410 e. The van der Waals surface area contributed by atoms with E-state index in [-0.39, 0.29) is 13.1 Å². The molecule has 0 aromatic carbocycles. The third-order valence-electron chi connectivity index (χ3n) is 2.35. The maximum atomic E-state index is 11.7. The molecule has 0 saturated carbocycles. The van der Waals surface area contributed by atoms with Crippen LogP contribution in [0.2, 0.25) is 0 Å². The highest BCUT2D eigenvalue weighted by atomic mass is 16.6. The topological polar surface area (TPSA) is 70.0 Å². The summed E-state index contributed by atoms with van der Waals surface area (Å²) in [6.45, 7) is 5.82. The standard InChI is InChI=1S/C11H21NO4/c1-11(2,3)16-10(15)12-6-8(13)4-5-9(14)7-12/h8-9,13-14H,4-7H2,1-3H3/t8-,9+. The van der Waals surface area contributed by atoms with Crippen LogP contribution < -0.4 is 0 Å². The van der Waals surface area contributed by atoms with Gasteiger partial charge in [0.2, 0.25) is 0 Å². The van der Waals surface area contributed by atoms with Crippen LogP contribution in [0.4, 0.5) is 4.79 Å². The minimum atomic E-state index is -0.579. The number of carbonyl (C=O) groups excluding carboxylic acids is 1. The van der Waals surface area contributed by atoms with Crippen LogP contribution in [0.3, 0.4) is 0 Å². The first kappa shape index (κ1) is 13.3. The van der Waals surface area contributed by atoms with E-state index in [1.165, 1.54) is 4.90 Å². The monoisotopic (exact) mass is 231 g/mol. The molecule has 1 saturated heterocycles. The normalized spacial score (nSPS) is 27.4. The van der Waals surface area contributed by atoms with E-state index in [2.05, 4.69) is 0 Å². The molecule has 2 atom stereocenters. The molecule has 5 nitrogen and oxygen atoms in total. The Kier molecular flexibility index (Phi) is 4.15. The van der Waals surface area contributed by atoms with Gasteiger partial charge in [-0.25, -0.2) is 4.79 Å². The van der Waals surface area contributed by atoms with Crippen molar-refractivity contribution in [2.75, 3.05) is 13.1 Å². The molecule has 0 unspecified atom stereocenters. The zero-order chi connectivity index (χ0) is 12.3. The van der Waals surface area contributed by atoms with Crippen LogP contribution in [0.25, 0.3) is 0 Å². The van der Waals surface area contributed by atoms with Crippen molar-refractivity contribution in [1.29, 1.82) is 0 Å². The molecular formula is C11H21NO4. The molecule has 1 fully saturated rings. The molecule has 1 aliphatic heterocycles.